The predicted molar refractivity (Wildman–Crippen MR) is 312 cm³/mol. The monoisotopic (exact) mass is 969 g/mol. The topological polar surface area (TPSA) is 61.4 Å². The summed E-state index contributed by atoms with van der Waals surface area (Å²) in [4.78, 5) is 21.5. The molecule has 74 heavy (non-hydrogen) atoms. The summed E-state index contributed by atoms with van der Waals surface area (Å²) in [6.45, 7) is 31.7. The van der Waals surface area contributed by atoms with Crippen molar-refractivity contribution in [3.8, 4) is 56.7 Å². The zero-order chi connectivity index (χ0) is 52.2. The third kappa shape index (κ3) is 8.68. The molecule has 0 radical (unpaired) electrons. The maximum Gasteiger partial charge on any atom is 0.164 e. The first-order valence-corrected chi connectivity index (χ1v) is 26.2. The van der Waals surface area contributed by atoms with Crippen molar-refractivity contribution in [3.05, 3.63) is 191 Å². The van der Waals surface area contributed by atoms with Crippen molar-refractivity contribution in [2.75, 3.05) is 0 Å². The minimum absolute atomic E-state index is 0.107. The predicted octanol–water partition coefficient (Wildman–Crippen LogP) is 17.9. The molecule has 4 aromatic heterocycles. The van der Waals surface area contributed by atoms with Gasteiger partial charge in [0.25, 0.3) is 0 Å². The van der Waals surface area contributed by atoms with Gasteiger partial charge < -0.3 is 9.13 Å². The van der Waals surface area contributed by atoms with E-state index in [4.69, 9.17) is 19.9 Å². The molecule has 0 fully saturated rings. The van der Waals surface area contributed by atoms with E-state index >= 15 is 0 Å². The number of aryl methyl sites for hydroxylation is 2. The van der Waals surface area contributed by atoms with Gasteiger partial charge in [-0.3, -0.25) is 4.98 Å². The summed E-state index contributed by atoms with van der Waals surface area (Å²) in [5.41, 5.74) is 18.4. The lowest BCUT2D eigenvalue weighted by atomic mass is 9.79. The van der Waals surface area contributed by atoms with Crippen LogP contribution in [0.25, 0.3) is 100 Å². The molecule has 7 aromatic carbocycles. The number of fused-ring (bicyclic) bond motifs is 6. The highest BCUT2D eigenvalue weighted by Crippen LogP contribution is 2.43. The average Bonchev–Trinajstić information content (AvgIpc) is 3.87. The number of benzene rings is 7. The molecule has 0 amide bonds. The van der Waals surface area contributed by atoms with Gasteiger partial charge in [-0.05, 0) is 143 Å². The molecule has 4 heterocycles. The Morgan fingerprint density at radius 3 is 1.16 bits per heavy atom. The Labute approximate surface area is 437 Å². The molecular weight excluding hydrogens is 901 g/mol. The van der Waals surface area contributed by atoms with Crippen LogP contribution in [0, 0.1) is 13.8 Å². The fourth-order valence-corrected chi connectivity index (χ4v) is 10.6. The van der Waals surface area contributed by atoms with Crippen molar-refractivity contribution < 1.29 is 0 Å². The lowest BCUT2D eigenvalue weighted by molar-refractivity contribution is 0.568. The molecule has 0 bridgehead atoms. The average molecular weight is 969 g/mol. The van der Waals surface area contributed by atoms with Crippen molar-refractivity contribution in [1.29, 1.82) is 0 Å². The fourth-order valence-electron chi connectivity index (χ4n) is 10.6. The number of nitrogens with zero attached hydrogens (tertiary/aromatic N) is 6. The van der Waals surface area contributed by atoms with Crippen LogP contribution in [0.5, 0.6) is 0 Å². The van der Waals surface area contributed by atoms with Gasteiger partial charge in [0.1, 0.15) is 0 Å². The molecule has 0 aliphatic heterocycles. The van der Waals surface area contributed by atoms with Crippen molar-refractivity contribution in [2.45, 2.75) is 119 Å². The van der Waals surface area contributed by atoms with Gasteiger partial charge in [0, 0.05) is 61.8 Å². The lowest BCUT2D eigenvalue weighted by Crippen LogP contribution is -2.17. The molecule has 370 valence electrons. The standard InChI is InChI=1S/C68H68N6/c1-41-23-26-58-52(31-41)53-32-42(2)24-27-59(53)74(58)60-28-25-43(37-54(60)55-40-69-30-29-61(55)73-56-21-17-15-19-50(56)51-20-16-18-22-57(51)73)62-70-63(44-33-46(65(3,4)5)38-47(34-44)66(6,7)8)72-64(71-62)45-35-48(67(9,10)11)39-49(36-45)68(12,13)14/h15-40H,1-14H3. The smallest absolute Gasteiger partial charge is 0.164 e. The molecule has 6 heteroatoms. The minimum Gasteiger partial charge on any atom is -0.309 e. The second-order valence-corrected chi connectivity index (χ2v) is 24.8. The highest BCUT2D eigenvalue weighted by Gasteiger charge is 2.27. The summed E-state index contributed by atoms with van der Waals surface area (Å²) in [7, 11) is 0. The zero-order valence-electron chi connectivity index (χ0n) is 45.7. The van der Waals surface area contributed by atoms with E-state index in [0.29, 0.717) is 17.5 Å². The Hall–Kier alpha value is -7.70. The van der Waals surface area contributed by atoms with Crippen LogP contribution in [0.15, 0.2) is 158 Å². The van der Waals surface area contributed by atoms with E-state index in [2.05, 4.69) is 252 Å². The first-order valence-electron chi connectivity index (χ1n) is 26.2. The largest absolute Gasteiger partial charge is 0.309 e. The van der Waals surface area contributed by atoms with Gasteiger partial charge >= 0.3 is 0 Å². The maximum atomic E-state index is 5.54. The van der Waals surface area contributed by atoms with Crippen molar-refractivity contribution >= 4 is 43.6 Å². The molecule has 0 saturated heterocycles. The molecule has 0 aliphatic rings. The van der Waals surface area contributed by atoms with E-state index in [9.17, 15) is 0 Å². The van der Waals surface area contributed by atoms with Gasteiger partial charge in [-0.15, -0.1) is 0 Å². The van der Waals surface area contributed by atoms with Gasteiger partial charge in [-0.1, -0.05) is 155 Å². The summed E-state index contributed by atoms with van der Waals surface area (Å²) >= 11 is 0. The highest BCUT2D eigenvalue weighted by atomic mass is 15.0. The molecule has 0 spiro atoms. The molecule has 0 N–H and O–H groups in total. The van der Waals surface area contributed by atoms with Crippen LogP contribution in [0.1, 0.15) is 116 Å². The second-order valence-electron chi connectivity index (χ2n) is 24.8. The molecule has 0 aliphatic carbocycles. The molecule has 0 saturated carbocycles. The molecule has 0 unspecified atom stereocenters. The Morgan fingerprint density at radius 2 is 0.730 bits per heavy atom. The fraction of sp³-hybridized carbons (Fsp3) is 0.265. The van der Waals surface area contributed by atoms with Crippen LogP contribution >= 0.6 is 0 Å². The summed E-state index contributed by atoms with van der Waals surface area (Å²) in [6.07, 6.45) is 3.95. The Morgan fingerprint density at radius 1 is 0.338 bits per heavy atom. The van der Waals surface area contributed by atoms with Gasteiger partial charge in [0.15, 0.2) is 17.5 Å². The maximum absolute atomic E-state index is 5.54. The van der Waals surface area contributed by atoms with E-state index in [1.807, 2.05) is 12.4 Å². The van der Waals surface area contributed by atoms with Crippen molar-refractivity contribution in [2.24, 2.45) is 0 Å². The zero-order valence-corrected chi connectivity index (χ0v) is 45.7. The third-order valence-corrected chi connectivity index (χ3v) is 15.0. The summed E-state index contributed by atoms with van der Waals surface area (Å²) < 4.78 is 4.84. The van der Waals surface area contributed by atoms with Crippen molar-refractivity contribution in [3.63, 3.8) is 0 Å². The SMILES string of the molecule is Cc1ccc2c(c1)c1cc(C)ccc1n2-c1ccc(-c2nc(-c3cc(C(C)(C)C)cc(C(C)(C)C)c3)nc(-c3cc(C(C)(C)C)cc(C(C)(C)C)c3)n2)cc1-c1cnccc1-n1c2ccccc2c2ccccc21. The van der Waals surface area contributed by atoms with Crippen molar-refractivity contribution in [1.82, 2.24) is 29.1 Å². The quantitative estimate of drug-likeness (QED) is 0.167. The van der Waals surface area contributed by atoms with Gasteiger partial charge in [-0.25, -0.2) is 15.0 Å². The normalized spacial score (nSPS) is 12.7. The third-order valence-electron chi connectivity index (χ3n) is 15.0. The number of pyridine rings is 1. The van der Waals surface area contributed by atoms with Crippen LogP contribution < -0.4 is 0 Å². The first-order chi connectivity index (χ1) is 35.0. The summed E-state index contributed by atoms with van der Waals surface area (Å²) in [5.74, 6) is 1.89. The van der Waals surface area contributed by atoms with E-state index in [0.717, 1.165) is 61.3 Å². The van der Waals surface area contributed by atoms with Crippen LogP contribution in [-0.4, -0.2) is 29.1 Å². The van der Waals surface area contributed by atoms with Gasteiger partial charge in [0.05, 0.1) is 33.4 Å². The summed E-state index contributed by atoms with van der Waals surface area (Å²) in [6, 6.07) is 53.9. The highest BCUT2D eigenvalue weighted by molar-refractivity contribution is 6.11. The molecule has 11 aromatic rings. The number of aromatic nitrogens is 6. The number of rotatable bonds is 6. The van der Waals surface area contributed by atoms with Gasteiger partial charge in [-0.2, -0.15) is 0 Å². The summed E-state index contributed by atoms with van der Waals surface area (Å²) in [5, 5.41) is 4.85. The Bertz CT molecular complexity index is 3750. The number of hydrogen-bond donors (Lipinski definition) is 0. The molecule has 0 atom stereocenters. The number of hydrogen-bond acceptors (Lipinski definition) is 4. The van der Waals surface area contributed by atoms with Crippen LogP contribution in [0.3, 0.4) is 0 Å². The van der Waals surface area contributed by atoms with E-state index in [1.165, 1.54) is 54.9 Å². The second kappa shape index (κ2) is 17.5. The molecule has 6 nitrogen and oxygen atoms in total. The lowest BCUT2D eigenvalue weighted by Gasteiger charge is -2.26. The Balaban J connectivity index is 1.24. The van der Waals surface area contributed by atoms with E-state index in [-0.39, 0.29) is 21.7 Å². The van der Waals surface area contributed by atoms with Gasteiger partial charge in [0.2, 0.25) is 0 Å². The Kier molecular flexibility index (Phi) is 11.5. The van der Waals surface area contributed by atoms with E-state index in [1.54, 1.807) is 0 Å². The van der Waals surface area contributed by atoms with E-state index < -0.39 is 0 Å². The van der Waals surface area contributed by atoms with Crippen LogP contribution in [0.4, 0.5) is 0 Å². The first kappa shape index (κ1) is 48.6. The molecule has 11 rings (SSSR count). The van der Waals surface area contributed by atoms with Crippen LogP contribution in [-0.2, 0) is 21.7 Å². The van der Waals surface area contributed by atoms with Crippen LogP contribution in [0.2, 0.25) is 0 Å². The number of para-hydroxylation sites is 2. The minimum atomic E-state index is -0.107. The molecular formula is C68H68N6.